The van der Waals surface area contributed by atoms with Crippen molar-refractivity contribution in [2.24, 2.45) is 5.16 Å². The van der Waals surface area contributed by atoms with E-state index in [1.165, 1.54) is 0 Å². The van der Waals surface area contributed by atoms with Gasteiger partial charge in [0.15, 0.2) is 0 Å². The highest BCUT2D eigenvalue weighted by Gasteiger charge is 1.98. The molecule has 0 aliphatic heterocycles. The van der Waals surface area contributed by atoms with E-state index in [4.69, 9.17) is 25.9 Å². The number of halogens is 1. The van der Waals surface area contributed by atoms with Gasteiger partial charge in [-0.25, -0.2) is 0 Å². The van der Waals surface area contributed by atoms with Crippen molar-refractivity contribution in [2.75, 3.05) is 13.2 Å². The van der Waals surface area contributed by atoms with Gasteiger partial charge in [0.05, 0.1) is 6.21 Å². The number of oxime groups is 1. The van der Waals surface area contributed by atoms with Crippen molar-refractivity contribution in [3.63, 3.8) is 0 Å². The maximum Gasteiger partial charge on any atom is 0.127 e. The van der Waals surface area contributed by atoms with Crippen molar-refractivity contribution in [3.8, 4) is 17.2 Å². The van der Waals surface area contributed by atoms with Gasteiger partial charge in [0, 0.05) is 5.02 Å². The highest BCUT2D eigenvalue weighted by atomic mass is 35.5. The van der Waals surface area contributed by atoms with Gasteiger partial charge in [0.25, 0.3) is 0 Å². The molecule has 2 aromatic rings. The fraction of sp³-hybridized carbons (Fsp3) is 0.188. The summed E-state index contributed by atoms with van der Waals surface area (Å²) in [6.45, 7) is 2.78. The molecule has 0 saturated heterocycles. The minimum Gasteiger partial charge on any atom is -0.488 e. The van der Waals surface area contributed by atoms with Crippen LogP contribution in [-0.2, 0) is 4.84 Å². The number of hydrogen-bond acceptors (Lipinski definition) is 4. The lowest BCUT2D eigenvalue weighted by Gasteiger charge is -2.07. The third-order valence-corrected chi connectivity index (χ3v) is 2.73. The molecular weight excluding hydrogens is 290 g/mol. The third-order valence-electron chi connectivity index (χ3n) is 2.48. The van der Waals surface area contributed by atoms with Crippen molar-refractivity contribution in [3.05, 3.63) is 53.6 Å². The molecule has 2 aromatic carbocycles. The maximum absolute atomic E-state index is 5.82. The van der Waals surface area contributed by atoms with Gasteiger partial charge in [0.1, 0.15) is 30.5 Å². The average Bonchev–Trinajstić information content (AvgIpc) is 2.51. The predicted octanol–water partition coefficient (Wildman–Crippen LogP) is 4.53. The summed E-state index contributed by atoms with van der Waals surface area (Å²) in [6, 6.07) is 14.5. The highest BCUT2D eigenvalue weighted by Crippen LogP contribution is 2.24. The van der Waals surface area contributed by atoms with Crippen LogP contribution in [0, 0.1) is 0 Å². The zero-order valence-corrected chi connectivity index (χ0v) is 12.4. The first-order valence-corrected chi connectivity index (χ1v) is 6.96. The van der Waals surface area contributed by atoms with Crippen molar-refractivity contribution in [1.82, 2.24) is 0 Å². The van der Waals surface area contributed by atoms with E-state index in [9.17, 15) is 0 Å². The fourth-order valence-electron chi connectivity index (χ4n) is 1.53. The van der Waals surface area contributed by atoms with Gasteiger partial charge in [0.2, 0.25) is 0 Å². The summed E-state index contributed by atoms with van der Waals surface area (Å²) in [5.74, 6) is 2.20. The molecule has 0 fully saturated rings. The van der Waals surface area contributed by atoms with Crippen LogP contribution in [-0.4, -0.2) is 19.4 Å². The van der Waals surface area contributed by atoms with Gasteiger partial charge in [-0.05, 0) is 55.5 Å². The molecule has 110 valence electrons. The Morgan fingerprint density at radius 2 is 1.52 bits per heavy atom. The molecule has 0 atom stereocenters. The van der Waals surface area contributed by atoms with Gasteiger partial charge in [-0.1, -0.05) is 16.8 Å². The maximum atomic E-state index is 5.82. The second kappa shape index (κ2) is 8.17. The lowest BCUT2D eigenvalue weighted by Crippen LogP contribution is -1.98. The van der Waals surface area contributed by atoms with E-state index in [1.807, 2.05) is 43.3 Å². The van der Waals surface area contributed by atoms with Crippen molar-refractivity contribution >= 4 is 17.8 Å². The number of benzene rings is 2. The quantitative estimate of drug-likeness (QED) is 0.557. The summed E-state index contributed by atoms with van der Waals surface area (Å²) in [5, 5.41) is 4.38. The Hall–Kier alpha value is -2.20. The van der Waals surface area contributed by atoms with E-state index in [2.05, 4.69) is 5.16 Å². The van der Waals surface area contributed by atoms with Crippen molar-refractivity contribution in [2.45, 2.75) is 6.92 Å². The van der Waals surface area contributed by atoms with Crippen LogP contribution in [0.5, 0.6) is 17.2 Å². The normalized spacial score (nSPS) is 10.6. The van der Waals surface area contributed by atoms with Crippen LogP contribution in [0.2, 0.25) is 5.02 Å². The van der Waals surface area contributed by atoms with Crippen LogP contribution < -0.4 is 9.47 Å². The molecule has 2 rings (SSSR count). The molecule has 0 spiro atoms. The summed E-state index contributed by atoms with van der Waals surface area (Å²) in [7, 11) is 0. The molecule has 0 bridgehead atoms. The number of hydrogen-bond donors (Lipinski definition) is 0. The van der Waals surface area contributed by atoms with Crippen LogP contribution in [0.4, 0.5) is 0 Å². The summed E-state index contributed by atoms with van der Waals surface area (Å²) in [6.07, 6.45) is 1.57. The standard InChI is InChI=1S/C16H16ClNO3/c1-2-20-18-11-12-19-14-7-9-16(10-8-14)21-15-5-3-13(17)4-6-15/h3-11H,2,12H2,1H3/b18-11+. The molecule has 0 aliphatic rings. The van der Waals surface area contributed by atoms with E-state index in [0.29, 0.717) is 18.2 Å². The van der Waals surface area contributed by atoms with E-state index in [0.717, 1.165) is 17.2 Å². The molecule has 0 aromatic heterocycles. The average molecular weight is 306 g/mol. The first kappa shape index (κ1) is 15.2. The third kappa shape index (κ3) is 5.36. The summed E-state index contributed by atoms with van der Waals surface area (Å²) >= 11 is 5.82. The van der Waals surface area contributed by atoms with Crippen molar-refractivity contribution in [1.29, 1.82) is 0 Å². The monoisotopic (exact) mass is 305 g/mol. The van der Waals surface area contributed by atoms with Gasteiger partial charge in [-0.3, -0.25) is 0 Å². The molecule has 5 heteroatoms. The first-order chi connectivity index (χ1) is 10.3. The highest BCUT2D eigenvalue weighted by molar-refractivity contribution is 6.30. The predicted molar refractivity (Wildman–Crippen MR) is 83.6 cm³/mol. The van der Waals surface area contributed by atoms with Crippen LogP contribution in [0.3, 0.4) is 0 Å². The Bertz CT molecular complexity index is 567. The number of rotatable bonds is 7. The second-order valence-electron chi connectivity index (χ2n) is 4.04. The van der Waals surface area contributed by atoms with Crippen LogP contribution in [0.1, 0.15) is 6.92 Å². The molecule has 21 heavy (non-hydrogen) atoms. The lowest BCUT2D eigenvalue weighted by atomic mass is 10.3. The molecule has 0 radical (unpaired) electrons. The summed E-state index contributed by atoms with van der Waals surface area (Å²) in [4.78, 5) is 4.83. The van der Waals surface area contributed by atoms with E-state index >= 15 is 0 Å². The first-order valence-electron chi connectivity index (χ1n) is 6.58. The van der Waals surface area contributed by atoms with Gasteiger partial charge in [-0.15, -0.1) is 0 Å². The Morgan fingerprint density at radius 1 is 0.952 bits per heavy atom. The zero-order valence-electron chi connectivity index (χ0n) is 11.7. The lowest BCUT2D eigenvalue weighted by molar-refractivity contribution is 0.158. The smallest absolute Gasteiger partial charge is 0.127 e. The largest absolute Gasteiger partial charge is 0.488 e. The summed E-state index contributed by atoms with van der Waals surface area (Å²) in [5.41, 5.74) is 0. The Labute approximate surface area is 128 Å². The molecule has 0 aliphatic carbocycles. The van der Waals surface area contributed by atoms with E-state index < -0.39 is 0 Å². The second-order valence-corrected chi connectivity index (χ2v) is 4.48. The SMILES string of the molecule is CCO/N=C/COc1ccc(Oc2ccc(Cl)cc2)cc1. The molecule has 0 N–H and O–H groups in total. The Morgan fingerprint density at radius 3 is 2.14 bits per heavy atom. The number of nitrogens with zero attached hydrogens (tertiary/aromatic N) is 1. The molecular formula is C16H16ClNO3. The fourth-order valence-corrected chi connectivity index (χ4v) is 1.66. The minimum absolute atomic E-state index is 0.359. The molecule has 0 unspecified atom stereocenters. The Balaban J connectivity index is 1.85. The summed E-state index contributed by atoms with van der Waals surface area (Å²) < 4.78 is 11.2. The van der Waals surface area contributed by atoms with Crippen LogP contribution in [0.25, 0.3) is 0 Å². The Kier molecular flexibility index (Phi) is 5.91. The minimum atomic E-state index is 0.359. The molecule has 0 amide bonds. The number of ether oxygens (including phenoxy) is 2. The van der Waals surface area contributed by atoms with Crippen molar-refractivity contribution < 1.29 is 14.3 Å². The molecule has 0 heterocycles. The molecule has 0 saturated carbocycles. The van der Waals surface area contributed by atoms with Gasteiger partial charge in [-0.2, -0.15) is 0 Å². The van der Waals surface area contributed by atoms with Crippen LogP contribution >= 0.6 is 11.6 Å². The van der Waals surface area contributed by atoms with E-state index in [-0.39, 0.29) is 0 Å². The zero-order chi connectivity index (χ0) is 14.9. The molecule has 4 nitrogen and oxygen atoms in total. The van der Waals surface area contributed by atoms with Gasteiger partial charge < -0.3 is 14.3 Å². The van der Waals surface area contributed by atoms with Crippen LogP contribution in [0.15, 0.2) is 53.7 Å². The van der Waals surface area contributed by atoms with E-state index in [1.54, 1.807) is 18.3 Å². The van der Waals surface area contributed by atoms with Gasteiger partial charge >= 0.3 is 0 Å². The topological polar surface area (TPSA) is 40.0 Å².